The summed E-state index contributed by atoms with van der Waals surface area (Å²) in [5, 5.41) is 9.03. The summed E-state index contributed by atoms with van der Waals surface area (Å²) in [6, 6.07) is 19.2. The Hall–Kier alpha value is -3.40. The van der Waals surface area contributed by atoms with Crippen molar-refractivity contribution in [2.24, 2.45) is 0 Å². The molecule has 0 aliphatic rings. The van der Waals surface area contributed by atoms with Gasteiger partial charge in [-0.3, -0.25) is 4.40 Å². The van der Waals surface area contributed by atoms with Gasteiger partial charge in [0.2, 0.25) is 0 Å². The monoisotopic (exact) mass is 328 g/mol. The number of aryl methyl sites for hydroxylation is 1. The van der Waals surface area contributed by atoms with E-state index < -0.39 is 5.97 Å². The van der Waals surface area contributed by atoms with E-state index in [1.54, 1.807) is 12.1 Å². The number of benzene rings is 2. The molecule has 0 fully saturated rings. The van der Waals surface area contributed by atoms with Gasteiger partial charge in [-0.15, -0.1) is 0 Å². The predicted molar refractivity (Wildman–Crippen MR) is 97.8 cm³/mol. The Labute approximate surface area is 145 Å². The molecule has 1 N–H and O–H groups in total. The zero-order valence-corrected chi connectivity index (χ0v) is 13.7. The van der Waals surface area contributed by atoms with Crippen LogP contribution in [0.25, 0.3) is 28.0 Å². The van der Waals surface area contributed by atoms with Crippen molar-refractivity contribution >= 4 is 11.5 Å². The lowest BCUT2D eigenvalue weighted by Gasteiger charge is -2.07. The van der Waals surface area contributed by atoms with E-state index in [1.807, 2.05) is 42.7 Å². The van der Waals surface area contributed by atoms with Crippen molar-refractivity contribution in [3.63, 3.8) is 0 Å². The standard InChI is InChI=1S/C21H16N2O2/c1-14-3-2-4-17(11-14)20-22-12-19-10-9-18(13-23(19)20)15-5-7-16(8-6-15)21(24)25/h2-13H,1H3,(H,24,25). The van der Waals surface area contributed by atoms with Crippen molar-refractivity contribution in [2.45, 2.75) is 6.92 Å². The lowest BCUT2D eigenvalue weighted by molar-refractivity contribution is 0.0697. The van der Waals surface area contributed by atoms with Crippen molar-refractivity contribution in [3.05, 3.63) is 84.2 Å². The highest BCUT2D eigenvalue weighted by molar-refractivity contribution is 5.88. The molecule has 0 saturated carbocycles. The van der Waals surface area contributed by atoms with E-state index >= 15 is 0 Å². The second-order valence-corrected chi connectivity index (χ2v) is 6.05. The minimum Gasteiger partial charge on any atom is -0.478 e. The van der Waals surface area contributed by atoms with Crippen LogP contribution >= 0.6 is 0 Å². The zero-order valence-electron chi connectivity index (χ0n) is 13.7. The summed E-state index contributed by atoms with van der Waals surface area (Å²) >= 11 is 0. The largest absolute Gasteiger partial charge is 0.478 e. The molecule has 0 bridgehead atoms. The Morgan fingerprint density at radius 2 is 1.72 bits per heavy atom. The van der Waals surface area contributed by atoms with E-state index in [-0.39, 0.29) is 5.56 Å². The molecule has 0 unspecified atom stereocenters. The minimum atomic E-state index is -0.918. The van der Waals surface area contributed by atoms with Crippen molar-refractivity contribution in [3.8, 4) is 22.5 Å². The number of rotatable bonds is 3. The Kier molecular flexibility index (Phi) is 3.58. The van der Waals surface area contributed by atoms with Crippen LogP contribution in [0.4, 0.5) is 0 Å². The first-order valence-electron chi connectivity index (χ1n) is 8.00. The number of pyridine rings is 1. The van der Waals surface area contributed by atoms with Crippen LogP contribution in [0.2, 0.25) is 0 Å². The molecular weight excluding hydrogens is 312 g/mol. The highest BCUT2D eigenvalue weighted by atomic mass is 16.4. The van der Waals surface area contributed by atoms with Crippen molar-refractivity contribution in [1.29, 1.82) is 0 Å². The van der Waals surface area contributed by atoms with Crippen LogP contribution in [0.5, 0.6) is 0 Å². The summed E-state index contributed by atoms with van der Waals surface area (Å²) in [4.78, 5) is 15.6. The number of imidazole rings is 1. The normalized spacial score (nSPS) is 10.9. The Morgan fingerprint density at radius 1 is 0.960 bits per heavy atom. The molecule has 2 heterocycles. The van der Waals surface area contributed by atoms with Crippen LogP contribution < -0.4 is 0 Å². The van der Waals surface area contributed by atoms with Gasteiger partial charge in [0.15, 0.2) is 0 Å². The molecule has 0 radical (unpaired) electrons. The van der Waals surface area contributed by atoms with Crippen molar-refractivity contribution in [1.82, 2.24) is 9.38 Å². The number of carboxylic acids is 1. The van der Waals surface area contributed by atoms with Crippen LogP contribution in [-0.4, -0.2) is 20.5 Å². The van der Waals surface area contributed by atoms with Gasteiger partial charge in [0.05, 0.1) is 17.3 Å². The third kappa shape index (κ3) is 2.78. The highest BCUT2D eigenvalue weighted by Crippen LogP contribution is 2.25. The summed E-state index contributed by atoms with van der Waals surface area (Å²) < 4.78 is 2.06. The summed E-state index contributed by atoms with van der Waals surface area (Å²) in [6.07, 6.45) is 3.89. The second-order valence-electron chi connectivity index (χ2n) is 6.05. The number of aromatic carboxylic acids is 1. The van der Waals surface area contributed by atoms with Crippen LogP contribution in [0.3, 0.4) is 0 Å². The second kappa shape index (κ2) is 5.91. The molecule has 4 rings (SSSR count). The van der Waals surface area contributed by atoms with E-state index in [9.17, 15) is 4.79 Å². The van der Waals surface area contributed by atoms with Gasteiger partial charge in [0, 0.05) is 11.8 Å². The average molecular weight is 328 g/mol. The quantitative estimate of drug-likeness (QED) is 0.594. The summed E-state index contributed by atoms with van der Waals surface area (Å²) in [5.41, 5.74) is 5.54. The molecule has 4 aromatic rings. The maximum Gasteiger partial charge on any atom is 0.335 e. The number of hydrogen-bond acceptors (Lipinski definition) is 2. The van der Waals surface area contributed by atoms with Gasteiger partial charge >= 0.3 is 5.97 Å². The molecule has 2 aromatic heterocycles. The fraction of sp³-hybridized carbons (Fsp3) is 0.0476. The molecule has 4 heteroatoms. The fourth-order valence-electron chi connectivity index (χ4n) is 2.96. The Morgan fingerprint density at radius 3 is 2.44 bits per heavy atom. The molecule has 122 valence electrons. The number of aromatic nitrogens is 2. The predicted octanol–water partition coefficient (Wildman–Crippen LogP) is 4.67. The lowest BCUT2D eigenvalue weighted by atomic mass is 10.1. The molecule has 0 atom stereocenters. The molecular formula is C21H16N2O2. The smallest absolute Gasteiger partial charge is 0.335 e. The zero-order chi connectivity index (χ0) is 17.4. The molecule has 25 heavy (non-hydrogen) atoms. The number of carbonyl (C=O) groups is 1. The summed E-state index contributed by atoms with van der Waals surface area (Å²) in [6.45, 7) is 2.06. The SMILES string of the molecule is Cc1cccc(-c2ncc3ccc(-c4ccc(C(=O)O)cc4)cn23)c1. The number of nitrogens with zero attached hydrogens (tertiary/aromatic N) is 2. The van der Waals surface area contributed by atoms with Gasteiger partial charge in [-0.2, -0.15) is 0 Å². The average Bonchev–Trinajstić information content (AvgIpc) is 3.05. The van der Waals surface area contributed by atoms with Crippen LogP contribution in [-0.2, 0) is 0 Å². The molecule has 0 spiro atoms. The molecule has 0 aliphatic heterocycles. The summed E-state index contributed by atoms with van der Waals surface area (Å²) in [5.74, 6) is -0.0268. The molecule has 0 amide bonds. The topological polar surface area (TPSA) is 54.6 Å². The first kappa shape index (κ1) is 15.1. The maximum absolute atomic E-state index is 11.0. The molecule has 0 saturated heterocycles. The minimum absolute atomic E-state index is 0.285. The third-order valence-corrected chi connectivity index (χ3v) is 4.27. The summed E-state index contributed by atoms with van der Waals surface area (Å²) in [7, 11) is 0. The van der Waals surface area contributed by atoms with E-state index in [0.29, 0.717) is 0 Å². The maximum atomic E-state index is 11.0. The van der Waals surface area contributed by atoms with Crippen LogP contribution in [0.15, 0.2) is 73.1 Å². The van der Waals surface area contributed by atoms with Gasteiger partial charge in [-0.25, -0.2) is 9.78 Å². The molecule has 0 aliphatic carbocycles. The van der Waals surface area contributed by atoms with Gasteiger partial charge in [-0.05, 0) is 42.3 Å². The first-order chi connectivity index (χ1) is 12.1. The highest BCUT2D eigenvalue weighted by Gasteiger charge is 2.09. The Balaban J connectivity index is 1.82. The number of fused-ring (bicyclic) bond motifs is 1. The van der Waals surface area contributed by atoms with Crippen molar-refractivity contribution in [2.75, 3.05) is 0 Å². The molecule has 4 nitrogen and oxygen atoms in total. The first-order valence-corrected chi connectivity index (χ1v) is 8.00. The van der Waals surface area contributed by atoms with Crippen LogP contribution in [0.1, 0.15) is 15.9 Å². The van der Waals surface area contributed by atoms with Gasteiger partial charge in [0.25, 0.3) is 0 Å². The van der Waals surface area contributed by atoms with E-state index in [1.165, 1.54) is 5.56 Å². The Bertz CT molecular complexity index is 1080. The third-order valence-electron chi connectivity index (χ3n) is 4.27. The number of hydrogen-bond donors (Lipinski definition) is 1. The van der Waals surface area contributed by atoms with Gasteiger partial charge in [-0.1, -0.05) is 42.0 Å². The van der Waals surface area contributed by atoms with Crippen LogP contribution in [0, 0.1) is 6.92 Å². The number of carboxylic acid groups (broad SMARTS) is 1. The fourth-order valence-corrected chi connectivity index (χ4v) is 2.96. The lowest BCUT2D eigenvalue weighted by Crippen LogP contribution is -1.95. The van der Waals surface area contributed by atoms with Crippen molar-refractivity contribution < 1.29 is 9.90 Å². The van der Waals surface area contributed by atoms with Gasteiger partial charge < -0.3 is 5.11 Å². The van der Waals surface area contributed by atoms with E-state index in [2.05, 4.69) is 34.5 Å². The van der Waals surface area contributed by atoms with E-state index in [0.717, 1.165) is 28.0 Å². The van der Waals surface area contributed by atoms with Gasteiger partial charge in [0.1, 0.15) is 5.82 Å². The van der Waals surface area contributed by atoms with E-state index in [4.69, 9.17) is 5.11 Å². The molecule has 2 aromatic carbocycles.